The maximum Gasteiger partial charge on any atom is 0.164 e. The van der Waals surface area contributed by atoms with Crippen LogP contribution in [0.5, 0.6) is 0 Å². The Bertz CT molecular complexity index is 2890. The molecule has 10 aromatic rings. The lowest BCUT2D eigenvalue weighted by atomic mass is 9.96. The number of rotatable bonds is 4. The zero-order chi connectivity index (χ0) is 32.3. The highest BCUT2D eigenvalue weighted by molar-refractivity contribution is 6.22. The predicted molar refractivity (Wildman–Crippen MR) is 199 cm³/mol. The van der Waals surface area contributed by atoms with Gasteiger partial charge in [-0.05, 0) is 57.4 Å². The first-order valence-corrected chi connectivity index (χ1v) is 16.3. The Hall–Kier alpha value is -6.72. The molecule has 3 heterocycles. The van der Waals surface area contributed by atoms with Crippen LogP contribution in [-0.2, 0) is 0 Å². The molecule has 0 saturated heterocycles. The van der Waals surface area contributed by atoms with Gasteiger partial charge < -0.3 is 4.42 Å². The first kappa shape index (κ1) is 27.4. The summed E-state index contributed by atoms with van der Waals surface area (Å²) in [6.45, 7) is 0. The molecule has 5 heteroatoms. The number of hydrogen-bond donors (Lipinski definition) is 0. The van der Waals surface area contributed by atoms with E-state index >= 15 is 0 Å². The van der Waals surface area contributed by atoms with Gasteiger partial charge >= 0.3 is 0 Å². The van der Waals surface area contributed by atoms with Gasteiger partial charge in [0.15, 0.2) is 17.5 Å². The Labute approximate surface area is 281 Å². The highest BCUT2D eigenvalue weighted by Crippen LogP contribution is 2.41. The van der Waals surface area contributed by atoms with Gasteiger partial charge in [0.1, 0.15) is 11.2 Å². The second kappa shape index (κ2) is 10.9. The number of para-hydroxylation sites is 1. The topological polar surface area (TPSA) is 64.7 Å². The Kier molecular flexibility index (Phi) is 6.11. The minimum atomic E-state index is 0.600. The van der Waals surface area contributed by atoms with Gasteiger partial charge in [-0.3, -0.25) is 4.98 Å². The summed E-state index contributed by atoms with van der Waals surface area (Å²) >= 11 is 0. The smallest absolute Gasteiger partial charge is 0.164 e. The molecule has 7 aromatic carbocycles. The van der Waals surface area contributed by atoms with E-state index in [1.807, 2.05) is 60.8 Å². The van der Waals surface area contributed by atoms with Crippen LogP contribution >= 0.6 is 0 Å². The van der Waals surface area contributed by atoms with Gasteiger partial charge in [-0.15, -0.1) is 0 Å². The summed E-state index contributed by atoms with van der Waals surface area (Å²) in [5, 5.41) is 7.82. The summed E-state index contributed by atoms with van der Waals surface area (Å²) in [5.41, 5.74) is 7.35. The van der Waals surface area contributed by atoms with Crippen LogP contribution in [0.4, 0.5) is 0 Å². The van der Waals surface area contributed by atoms with Gasteiger partial charge in [-0.1, -0.05) is 121 Å². The van der Waals surface area contributed by atoms with Crippen molar-refractivity contribution in [2.75, 3.05) is 0 Å². The average Bonchev–Trinajstić information content (AvgIpc) is 3.58. The molecule has 0 spiro atoms. The normalized spacial score (nSPS) is 11.7. The van der Waals surface area contributed by atoms with Crippen molar-refractivity contribution >= 4 is 54.4 Å². The van der Waals surface area contributed by atoms with Gasteiger partial charge in [0, 0.05) is 44.6 Å². The lowest BCUT2D eigenvalue weighted by molar-refractivity contribution is 0.670. The standard InChI is InChI=1S/C44H26N4O/c1-2-12-27(13-3-1)42-46-43(48-44(47-42)37-25-29-14-4-5-17-31(29)32-18-6-7-19-33(32)37)30-16-10-15-28(24-30)36-26-38-34(21-11-23-45-38)40-35-20-8-9-22-39(35)49-41(36)40/h1-26H. The van der Waals surface area contributed by atoms with Crippen LogP contribution in [0, 0.1) is 0 Å². The van der Waals surface area contributed by atoms with E-state index in [1.54, 1.807) is 0 Å². The number of pyridine rings is 1. The fourth-order valence-electron chi connectivity index (χ4n) is 7.07. The molecule has 0 amide bonds. The predicted octanol–water partition coefficient (Wildman–Crippen LogP) is 11.3. The number of hydrogen-bond acceptors (Lipinski definition) is 5. The maximum absolute atomic E-state index is 6.55. The third kappa shape index (κ3) is 4.48. The molecular weight excluding hydrogens is 601 g/mol. The molecule has 0 atom stereocenters. The number of aromatic nitrogens is 4. The number of nitrogens with zero attached hydrogens (tertiary/aromatic N) is 4. The van der Waals surface area contributed by atoms with Gasteiger partial charge in [-0.2, -0.15) is 0 Å². The molecule has 10 rings (SSSR count). The van der Waals surface area contributed by atoms with Crippen molar-refractivity contribution in [1.82, 2.24) is 19.9 Å². The van der Waals surface area contributed by atoms with E-state index in [0.29, 0.717) is 17.5 Å². The second-order valence-corrected chi connectivity index (χ2v) is 12.2. The van der Waals surface area contributed by atoms with Crippen LogP contribution in [0.25, 0.3) is 99.7 Å². The Morgan fingerprint density at radius 1 is 0.408 bits per heavy atom. The zero-order valence-electron chi connectivity index (χ0n) is 26.2. The van der Waals surface area contributed by atoms with Crippen molar-refractivity contribution in [2.24, 2.45) is 0 Å². The molecular formula is C44H26N4O. The number of benzene rings is 7. The van der Waals surface area contributed by atoms with Crippen molar-refractivity contribution in [3.05, 3.63) is 158 Å². The highest BCUT2D eigenvalue weighted by atomic mass is 16.3. The van der Waals surface area contributed by atoms with Gasteiger partial charge in [0.05, 0.1) is 5.52 Å². The molecule has 49 heavy (non-hydrogen) atoms. The quantitative estimate of drug-likeness (QED) is 0.182. The molecule has 0 N–H and O–H groups in total. The summed E-state index contributed by atoms with van der Waals surface area (Å²) < 4.78 is 6.55. The molecule has 0 aliphatic heterocycles. The molecule has 0 radical (unpaired) electrons. The number of fused-ring (bicyclic) bond motifs is 8. The third-order valence-electron chi connectivity index (χ3n) is 9.34. The fourth-order valence-corrected chi connectivity index (χ4v) is 7.07. The van der Waals surface area contributed by atoms with Crippen LogP contribution < -0.4 is 0 Å². The summed E-state index contributed by atoms with van der Waals surface area (Å²) in [6.07, 6.45) is 1.84. The zero-order valence-corrected chi connectivity index (χ0v) is 26.2. The summed E-state index contributed by atoms with van der Waals surface area (Å²) in [4.78, 5) is 20.1. The van der Waals surface area contributed by atoms with E-state index in [-0.39, 0.29) is 0 Å². The lowest BCUT2D eigenvalue weighted by Gasteiger charge is -2.13. The maximum atomic E-state index is 6.55. The SMILES string of the molecule is c1ccc(-c2nc(-c3cccc(-c4cc5ncccc5c5c4oc4ccccc45)c3)nc(-c3cc4ccccc4c4ccccc34)n2)cc1. The minimum Gasteiger partial charge on any atom is -0.455 e. The van der Waals surface area contributed by atoms with Crippen LogP contribution in [0.1, 0.15) is 0 Å². The van der Waals surface area contributed by atoms with Crippen molar-refractivity contribution in [1.29, 1.82) is 0 Å². The first-order valence-electron chi connectivity index (χ1n) is 16.3. The van der Waals surface area contributed by atoms with Crippen LogP contribution in [0.2, 0.25) is 0 Å². The number of furan rings is 1. The monoisotopic (exact) mass is 626 g/mol. The van der Waals surface area contributed by atoms with Crippen molar-refractivity contribution in [2.45, 2.75) is 0 Å². The van der Waals surface area contributed by atoms with Crippen molar-refractivity contribution < 1.29 is 4.42 Å². The van der Waals surface area contributed by atoms with Crippen LogP contribution in [0.3, 0.4) is 0 Å². The Morgan fingerprint density at radius 2 is 1.06 bits per heavy atom. The second-order valence-electron chi connectivity index (χ2n) is 12.2. The molecule has 5 nitrogen and oxygen atoms in total. The highest BCUT2D eigenvalue weighted by Gasteiger charge is 2.19. The molecule has 0 unspecified atom stereocenters. The summed E-state index contributed by atoms with van der Waals surface area (Å²) in [6, 6.07) is 52.0. The largest absolute Gasteiger partial charge is 0.455 e. The van der Waals surface area contributed by atoms with E-state index < -0.39 is 0 Å². The van der Waals surface area contributed by atoms with E-state index in [1.165, 1.54) is 10.8 Å². The first-order chi connectivity index (χ1) is 24.3. The molecule has 0 saturated carbocycles. The van der Waals surface area contributed by atoms with E-state index in [2.05, 4.69) is 97.1 Å². The van der Waals surface area contributed by atoms with Crippen LogP contribution in [0.15, 0.2) is 162 Å². The molecule has 0 bridgehead atoms. The van der Waals surface area contributed by atoms with E-state index in [4.69, 9.17) is 24.4 Å². The fraction of sp³-hybridized carbons (Fsp3) is 0. The summed E-state index contributed by atoms with van der Waals surface area (Å²) in [5.74, 6) is 1.85. The summed E-state index contributed by atoms with van der Waals surface area (Å²) in [7, 11) is 0. The van der Waals surface area contributed by atoms with Gasteiger partial charge in [0.25, 0.3) is 0 Å². The van der Waals surface area contributed by atoms with Gasteiger partial charge in [0.2, 0.25) is 0 Å². The Balaban J connectivity index is 1.21. The van der Waals surface area contributed by atoms with E-state index in [0.717, 1.165) is 71.4 Å². The molecule has 0 fully saturated rings. The Morgan fingerprint density at radius 3 is 1.94 bits per heavy atom. The molecule has 3 aromatic heterocycles. The minimum absolute atomic E-state index is 0.600. The lowest BCUT2D eigenvalue weighted by Crippen LogP contribution is -2.01. The average molecular weight is 627 g/mol. The third-order valence-corrected chi connectivity index (χ3v) is 9.34. The molecule has 0 aliphatic carbocycles. The van der Waals surface area contributed by atoms with Crippen molar-refractivity contribution in [3.63, 3.8) is 0 Å². The molecule has 0 aliphatic rings. The molecule has 228 valence electrons. The van der Waals surface area contributed by atoms with Crippen LogP contribution in [-0.4, -0.2) is 19.9 Å². The van der Waals surface area contributed by atoms with Crippen molar-refractivity contribution in [3.8, 4) is 45.3 Å². The van der Waals surface area contributed by atoms with Gasteiger partial charge in [-0.25, -0.2) is 15.0 Å². The van der Waals surface area contributed by atoms with E-state index in [9.17, 15) is 0 Å².